The van der Waals surface area contributed by atoms with Gasteiger partial charge in [-0.25, -0.2) is 0 Å². The van der Waals surface area contributed by atoms with Crippen molar-refractivity contribution < 1.29 is 14.4 Å². The molecule has 20 heavy (non-hydrogen) atoms. The first-order valence-electron chi connectivity index (χ1n) is 6.74. The highest BCUT2D eigenvalue weighted by Gasteiger charge is 2.21. The summed E-state index contributed by atoms with van der Waals surface area (Å²) in [5.41, 5.74) is 0.577. The number of rotatable bonds is 8. The fourth-order valence-corrected chi connectivity index (χ4v) is 1.80. The van der Waals surface area contributed by atoms with E-state index in [1.807, 2.05) is 20.8 Å². The van der Waals surface area contributed by atoms with Crippen LogP contribution in [0.1, 0.15) is 27.7 Å². The third-order valence-electron chi connectivity index (χ3n) is 2.98. The molecule has 0 aromatic rings. The summed E-state index contributed by atoms with van der Waals surface area (Å²) < 4.78 is 0. The highest BCUT2D eigenvalue weighted by atomic mass is 16.2. The Balaban J connectivity index is 4.96. The molecule has 0 radical (unpaired) electrons. The molecule has 0 rings (SSSR count). The van der Waals surface area contributed by atoms with Crippen molar-refractivity contribution in [1.29, 1.82) is 0 Å². The van der Waals surface area contributed by atoms with Gasteiger partial charge in [-0.3, -0.25) is 14.4 Å². The highest BCUT2D eigenvalue weighted by Crippen LogP contribution is 2.13. The zero-order valence-corrected chi connectivity index (χ0v) is 12.9. The molecule has 114 valence electrons. The average Bonchev–Trinajstić information content (AvgIpc) is 2.40. The fourth-order valence-electron chi connectivity index (χ4n) is 1.80. The van der Waals surface area contributed by atoms with Crippen LogP contribution in [0, 0.1) is 5.92 Å². The van der Waals surface area contributed by atoms with E-state index in [0.717, 1.165) is 0 Å². The quantitative estimate of drug-likeness (QED) is 0.497. The molecule has 0 aromatic carbocycles. The molecule has 2 N–H and O–H groups in total. The van der Waals surface area contributed by atoms with Crippen LogP contribution in [0.25, 0.3) is 0 Å². The highest BCUT2D eigenvalue weighted by molar-refractivity contribution is 5.93. The molecule has 0 heterocycles. The third-order valence-corrected chi connectivity index (χ3v) is 2.98. The van der Waals surface area contributed by atoms with Crippen LogP contribution in [0.5, 0.6) is 0 Å². The van der Waals surface area contributed by atoms with E-state index in [4.69, 9.17) is 0 Å². The molecule has 6 nitrogen and oxygen atoms in total. The molecule has 0 spiro atoms. The summed E-state index contributed by atoms with van der Waals surface area (Å²) in [4.78, 5) is 35.4. The zero-order valence-electron chi connectivity index (χ0n) is 12.9. The first-order chi connectivity index (χ1) is 9.34. The predicted octanol–water partition coefficient (Wildman–Crippen LogP) is 0.298. The minimum absolute atomic E-state index is 0.0444. The molecule has 1 atom stereocenters. The first kappa shape index (κ1) is 18.1. The SMILES string of the molecule is CCNC(=O)/C(C)=C/C(C(C)C)N(C)C(=O)CNC=O. The van der Waals surface area contributed by atoms with Gasteiger partial charge >= 0.3 is 0 Å². The van der Waals surface area contributed by atoms with Gasteiger partial charge in [0.1, 0.15) is 0 Å². The van der Waals surface area contributed by atoms with E-state index in [0.29, 0.717) is 18.5 Å². The van der Waals surface area contributed by atoms with Crippen molar-refractivity contribution in [2.24, 2.45) is 5.92 Å². The van der Waals surface area contributed by atoms with Gasteiger partial charge in [0.15, 0.2) is 0 Å². The molecule has 0 bridgehead atoms. The number of nitrogens with zero attached hydrogens (tertiary/aromatic N) is 1. The lowest BCUT2D eigenvalue weighted by Gasteiger charge is -2.29. The lowest BCUT2D eigenvalue weighted by molar-refractivity contribution is -0.132. The number of carbonyl (C=O) groups is 3. The maximum absolute atomic E-state index is 11.9. The van der Waals surface area contributed by atoms with E-state index < -0.39 is 0 Å². The van der Waals surface area contributed by atoms with Gasteiger partial charge in [-0.05, 0) is 19.8 Å². The molecular formula is C14H25N3O3. The molecule has 0 aliphatic carbocycles. The van der Waals surface area contributed by atoms with Crippen LogP contribution in [0.3, 0.4) is 0 Å². The standard InChI is InChI=1S/C14H25N3O3/c1-6-16-14(20)11(4)7-12(10(2)3)17(5)13(19)8-15-9-18/h7,9-10,12H,6,8H2,1-5H3,(H,15,18)(H,16,20)/b11-7+. The second-order valence-corrected chi connectivity index (χ2v) is 4.95. The molecule has 0 aromatic heterocycles. The Bertz CT molecular complexity index is 378. The molecule has 3 amide bonds. The smallest absolute Gasteiger partial charge is 0.246 e. The Kier molecular flexibility index (Phi) is 8.27. The molecular weight excluding hydrogens is 258 g/mol. The van der Waals surface area contributed by atoms with Crippen LogP contribution in [0.4, 0.5) is 0 Å². The molecule has 0 aliphatic rings. The predicted molar refractivity (Wildman–Crippen MR) is 77.9 cm³/mol. The monoisotopic (exact) mass is 283 g/mol. The number of amides is 3. The van der Waals surface area contributed by atoms with E-state index in [1.165, 1.54) is 0 Å². The Morgan fingerprint density at radius 1 is 1.30 bits per heavy atom. The van der Waals surface area contributed by atoms with Crippen molar-refractivity contribution in [2.45, 2.75) is 33.7 Å². The Morgan fingerprint density at radius 2 is 1.90 bits per heavy atom. The van der Waals surface area contributed by atoms with Gasteiger partial charge < -0.3 is 15.5 Å². The minimum Gasteiger partial charge on any atom is -0.353 e. The van der Waals surface area contributed by atoms with Crippen molar-refractivity contribution in [3.8, 4) is 0 Å². The van der Waals surface area contributed by atoms with Gasteiger partial charge in [-0.1, -0.05) is 19.9 Å². The summed E-state index contributed by atoms with van der Waals surface area (Å²) in [6, 6.07) is -0.196. The molecule has 0 aliphatic heterocycles. The van der Waals surface area contributed by atoms with Crippen LogP contribution in [-0.2, 0) is 14.4 Å². The molecule has 6 heteroatoms. The summed E-state index contributed by atoms with van der Waals surface area (Å²) in [5.74, 6) is -0.176. The van der Waals surface area contributed by atoms with E-state index in [9.17, 15) is 14.4 Å². The van der Waals surface area contributed by atoms with Crippen LogP contribution in [0.2, 0.25) is 0 Å². The minimum atomic E-state index is -0.198. The zero-order chi connectivity index (χ0) is 15.7. The summed E-state index contributed by atoms with van der Waals surface area (Å²) >= 11 is 0. The summed E-state index contributed by atoms with van der Waals surface area (Å²) in [6.45, 7) is 8.05. The van der Waals surface area contributed by atoms with Gasteiger partial charge in [0.25, 0.3) is 0 Å². The Morgan fingerprint density at radius 3 is 2.35 bits per heavy atom. The Hall–Kier alpha value is -1.85. The van der Waals surface area contributed by atoms with Crippen LogP contribution in [-0.4, -0.2) is 49.3 Å². The second-order valence-electron chi connectivity index (χ2n) is 4.95. The van der Waals surface area contributed by atoms with Gasteiger partial charge in [-0.15, -0.1) is 0 Å². The normalized spacial score (nSPS) is 12.8. The number of hydrogen-bond donors (Lipinski definition) is 2. The van der Waals surface area contributed by atoms with Crippen molar-refractivity contribution in [3.63, 3.8) is 0 Å². The molecule has 1 unspecified atom stereocenters. The van der Waals surface area contributed by atoms with Crippen LogP contribution >= 0.6 is 0 Å². The summed E-state index contributed by atoms with van der Waals surface area (Å²) in [7, 11) is 1.67. The Labute approximate surface area is 120 Å². The second kappa shape index (κ2) is 9.12. The summed E-state index contributed by atoms with van der Waals surface area (Å²) in [6.07, 6.45) is 2.28. The van der Waals surface area contributed by atoms with Crippen molar-refractivity contribution in [2.75, 3.05) is 20.1 Å². The number of hydrogen-bond acceptors (Lipinski definition) is 3. The van der Waals surface area contributed by atoms with Crippen molar-refractivity contribution in [1.82, 2.24) is 15.5 Å². The number of nitrogens with one attached hydrogen (secondary N) is 2. The fraction of sp³-hybridized carbons (Fsp3) is 0.643. The maximum atomic E-state index is 11.9. The average molecular weight is 283 g/mol. The van der Waals surface area contributed by atoms with Gasteiger partial charge in [-0.2, -0.15) is 0 Å². The van der Waals surface area contributed by atoms with Gasteiger partial charge in [0.2, 0.25) is 18.2 Å². The molecule has 0 fully saturated rings. The third kappa shape index (κ3) is 5.86. The molecule has 0 saturated carbocycles. The summed E-state index contributed by atoms with van der Waals surface area (Å²) in [5, 5.41) is 5.07. The largest absolute Gasteiger partial charge is 0.353 e. The lowest BCUT2D eigenvalue weighted by atomic mass is 10.00. The van der Waals surface area contributed by atoms with Crippen LogP contribution < -0.4 is 10.6 Å². The van der Waals surface area contributed by atoms with Gasteiger partial charge in [0.05, 0.1) is 12.6 Å². The number of carbonyl (C=O) groups excluding carboxylic acids is 3. The van der Waals surface area contributed by atoms with Crippen molar-refractivity contribution in [3.05, 3.63) is 11.6 Å². The van der Waals surface area contributed by atoms with Crippen LogP contribution in [0.15, 0.2) is 11.6 Å². The molecule has 0 saturated heterocycles. The van der Waals surface area contributed by atoms with E-state index >= 15 is 0 Å². The maximum Gasteiger partial charge on any atom is 0.246 e. The van der Waals surface area contributed by atoms with Crippen molar-refractivity contribution >= 4 is 18.2 Å². The van der Waals surface area contributed by atoms with Gasteiger partial charge in [0, 0.05) is 19.2 Å². The first-order valence-corrected chi connectivity index (χ1v) is 6.74. The number of likely N-dealkylation sites (N-methyl/N-ethyl adjacent to an activating group) is 2. The topological polar surface area (TPSA) is 78.5 Å². The van der Waals surface area contributed by atoms with E-state index in [2.05, 4.69) is 10.6 Å². The van der Waals surface area contributed by atoms with E-state index in [1.54, 1.807) is 24.9 Å². The van der Waals surface area contributed by atoms with E-state index in [-0.39, 0.29) is 30.3 Å². The lowest BCUT2D eigenvalue weighted by Crippen LogP contribution is -2.43.